The zero-order valence-corrected chi connectivity index (χ0v) is 15.8. The highest BCUT2D eigenvalue weighted by Gasteiger charge is 2.44. The van der Waals surface area contributed by atoms with Gasteiger partial charge in [-0.15, -0.1) is 0 Å². The Morgan fingerprint density at radius 1 is 1.18 bits per heavy atom. The van der Waals surface area contributed by atoms with E-state index in [1.165, 1.54) is 42.3 Å². The third kappa shape index (κ3) is 3.01. The first-order valence-corrected chi connectivity index (χ1v) is 10.1. The Labute approximate surface area is 161 Å². The predicted octanol–water partition coefficient (Wildman–Crippen LogP) is 3.16. The topological polar surface area (TPSA) is 84.0 Å². The number of rotatable bonds is 4. The zero-order valence-electron chi connectivity index (χ0n) is 15.0. The summed E-state index contributed by atoms with van der Waals surface area (Å²) < 4.78 is 45.0. The van der Waals surface area contributed by atoms with Crippen LogP contribution in [0.4, 0.5) is 20.6 Å². The summed E-state index contributed by atoms with van der Waals surface area (Å²) in [5, 5.41) is 0. The molecule has 2 aromatic carbocycles. The first kappa shape index (κ1) is 18.4. The van der Waals surface area contributed by atoms with Crippen molar-refractivity contribution in [3.63, 3.8) is 0 Å². The first-order valence-electron chi connectivity index (χ1n) is 8.67. The molecular weight excluding hydrogens is 387 g/mol. The van der Waals surface area contributed by atoms with Gasteiger partial charge in [-0.25, -0.2) is 22.4 Å². The lowest BCUT2D eigenvalue weighted by Crippen LogP contribution is -2.51. The first-order chi connectivity index (χ1) is 13.3. The van der Waals surface area contributed by atoms with Gasteiger partial charge in [-0.2, -0.15) is 4.31 Å². The quantitative estimate of drug-likeness (QED) is 0.731. The molecule has 1 saturated carbocycles. The van der Waals surface area contributed by atoms with Crippen LogP contribution in [-0.2, 0) is 14.8 Å². The number of anilines is 2. The van der Waals surface area contributed by atoms with Gasteiger partial charge in [-0.3, -0.25) is 4.90 Å². The Morgan fingerprint density at radius 3 is 2.46 bits per heavy atom. The minimum atomic E-state index is -4.23. The fraction of sp³-hybridized carbons (Fsp3) is 0.263. The van der Waals surface area contributed by atoms with Crippen molar-refractivity contribution in [1.82, 2.24) is 0 Å². The van der Waals surface area contributed by atoms with E-state index in [-0.39, 0.29) is 27.8 Å². The second-order valence-corrected chi connectivity index (χ2v) is 8.51. The lowest BCUT2D eigenvalue weighted by Gasteiger charge is -2.36. The third-order valence-corrected chi connectivity index (χ3v) is 6.54. The van der Waals surface area contributed by atoms with Crippen molar-refractivity contribution in [2.75, 3.05) is 22.9 Å². The summed E-state index contributed by atoms with van der Waals surface area (Å²) in [6.45, 7) is 0.337. The fourth-order valence-corrected chi connectivity index (χ4v) is 4.74. The van der Waals surface area contributed by atoms with Crippen molar-refractivity contribution in [2.24, 2.45) is 5.92 Å². The maximum absolute atomic E-state index is 13.3. The highest BCUT2D eigenvalue weighted by molar-refractivity contribution is 7.94. The van der Waals surface area contributed by atoms with Crippen LogP contribution in [0.25, 0.3) is 0 Å². The number of carbonyl (C=O) groups is 2. The van der Waals surface area contributed by atoms with E-state index in [0.29, 0.717) is 10.8 Å². The molecule has 0 bridgehead atoms. The van der Waals surface area contributed by atoms with E-state index >= 15 is 0 Å². The SMILES string of the molecule is COC(=O)c1ccc2c(c1)N(CC1CC1)C(=O)N(c1ccc(F)cc1)S2(=O)=O. The van der Waals surface area contributed by atoms with Gasteiger partial charge in [0.05, 0.1) is 24.0 Å². The number of fused-ring (bicyclic) bond motifs is 1. The Kier molecular flexibility index (Phi) is 4.34. The van der Waals surface area contributed by atoms with Crippen LogP contribution in [0.1, 0.15) is 23.2 Å². The normalized spacial score (nSPS) is 18.0. The Balaban J connectivity index is 1.88. The number of sulfonamides is 1. The van der Waals surface area contributed by atoms with Gasteiger partial charge in [0.15, 0.2) is 0 Å². The van der Waals surface area contributed by atoms with Gasteiger partial charge in [-0.05, 0) is 61.2 Å². The van der Waals surface area contributed by atoms with E-state index in [9.17, 15) is 22.4 Å². The van der Waals surface area contributed by atoms with Crippen LogP contribution in [0.5, 0.6) is 0 Å². The molecule has 7 nitrogen and oxygen atoms in total. The molecule has 0 unspecified atom stereocenters. The molecule has 1 heterocycles. The molecule has 0 radical (unpaired) electrons. The van der Waals surface area contributed by atoms with Crippen LogP contribution in [-0.4, -0.2) is 34.1 Å². The maximum atomic E-state index is 13.3. The van der Waals surface area contributed by atoms with Crippen LogP contribution < -0.4 is 9.21 Å². The minimum absolute atomic E-state index is 0.0508. The largest absolute Gasteiger partial charge is 0.465 e. The number of nitrogens with zero attached hydrogens (tertiary/aromatic N) is 2. The molecule has 2 aliphatic rings. The molecule has 9 heteroatoms. The molecule has 0 saturated heterocycles. The molecule has 1 fully saturated rings. The summed E-state index contributed by atoms with van der Waals surface area (Å²) in [5.41, 5.74) is 0.355. The summed E-state index contributed by atoms with van der Waals surface area (Å²) in [6, 6.07) is 7.92. The molecule has 0 N–H and O–H groups in total. The molecule has 0 atom stereocenters. The summed E-state index contributed by atoms with van der Waals surface area (Å²) in [6.07, 6.45) is 1.89. The number of esters is 1. The smallest absolute Gasteiger partial charge is 0.343 e. The number of benzene rings is 2. The van der Waals surface area contributed by atoms with Gasteiger partial charge < -0.3 is 4.74 Å². The van der Waals surface area contributed by atoms with Gasteiger partial charge >= 0.3 is 12.0 Å². The van der Waals surface area contributed by atoms with Crippen molar-refractivity contribution in [3.05, 3.63) is 53.8 Å². The van der Waals surface area contributed by atoms with Gasteiger partial charge in [-0.1, -0.05) is 0 Å². The molecule has 1 aliphatic heterocycles. The monoisotopic (exact) mass is 404 g/mol. The number of halogens is 1. The van der Waals surface area contributed by atoms with Crippen LogP contribution >= 0.6 is 0 Å². The van der Waals surface area contributed by atoms with Crippen molar-refractivity contribution in [3.8, 4) is 0 Å². The van der Waals surface area contributed by atoms with E-state index in [2.05, 4.69) is 0 Å². The van der Waals surface area contributed by atoms with E-state index in [0.717, 1.165) is 25.0 Å². The average Bonchev–Trinajstić information content (AvgIpc) is 3.50. The van der Waals surface area contributed by atoms with Crippen LogP contribution in [0, 0.1) is 11.7 Å². The van der Waals surface area contributed by atoms with Crippen molar-refractivity contribution in [1.29, 1.82) is 0 Å². The number of carbonyl (C=O) groups excluding carboxylic acids is 2. The molecule has 146 valence electrons. The molecule has 28 heavy (non-hydrogen) atoms. The fourth-order valence-electron chi connectivity index (χ4n) is 3.17. The number of amides is 2. The van der Waals surface area contributed by atoms with Gasteiger partial charge in [0.2, 0.25) is 0 Å². The third-order valence-electron chi connectivity index (χ3n) is 4.79. The standard InChI is InChI=1S/C19H17FN2O5S/c1-27-18(23)13-4-9-17-16(10-13)21(11-12-2-3-12)19(24)22(28(17,25)26)15-7-5-14(20)6-8-15/h4-10,12H,2-3,11H2,1H3. The molecule has 2 aromatic rings. The van der Waals surface area contributed by atoms with Crippen LogP contribution in [0.3, 0.4) is 0 Å². The van der Waals surface area contributed by atoms with Crippen molar-refractivity contribution in [2.45, 2.75) is 17.7 Å². The van der Waals surface area contributed by atoms with Gasteiger partial charge in [0.1, 0.15) is 10.7 Å². The van der Waals surface area contributed by atoms with E-state index in [1.807, 2.05) is 0 Å². The molecule has 1 aliphatic carbocycles. The molecule has 0 aromatic heterocycles. The Bertz CT molecular complexity index is 1060. The molecule has 0 spiro atoms. The maximum Gasteiger partial charge on any atom is 0.343 e. The van der Waals surface area contributed by atoms with Crippen molar-refractivity contribution >= 4 is 33.4 Å². The highest BCUT2D eigenvalue weighted by atomic mass is 32.2. The number of hydrogen-bond donors (Lipinski definition) is 0. The van der Waals surface area contributed by atoms with Gasteiger partial charge in [0, 0.05) is 6.54 Å². The summed E-state index contributed by atoms with van der Waals surface area (Å²) in [7, 11) is -3.00. The second kappa shape index (κ2) is 6.59. The number of hydrogen-bond acceptors (Lipinski definition) is 5. The summed E-state index contributed by atoms with van der Waals surface area (Å²) in [5.74, 6) is -0.891. The summed E-state index contributed by atoms with van der Waals surface area (Å²) in [4.78, 5) is 26.3. The number of urea groups is 1. The number of ether oxygens (including phenoxy) is 1. The lowest BCUT2D eigenvalue weighted by atomic mass is 10.1. The molecule has 2 amide bonds. The van der Waals surface area contributed by atoms with Gasteiger partial charge in [0.25, 0.3) is 10.0 Å². The van der Waals surface area contributed by atoms with Crippen LogP contribution in [0.2, 0.25) is 0 Å². The average molecular weight is 404 g/mol. The molecule has 4 rings (SSSR count). The number of methoxy groups -OCH3 is 1. The second-order valence-electron chi connectivity index (χ2n) is 6.76. The van der Waals surface area contributed by atoms with E-state index < -0.39 is 27.8 Å². The van der Waals surface area contributed by atoms with E-state index in [4.69, 9.17) is 4.74 Å². The van der Waals surface area contributed by atoms with Crippen LogP contribution in [0.15, 0.2) is 47.4 Å². The summed E-state index contributed by atoms with van der Waals surface area (Å²) >= 11 is 0. The minimum Gasteiger partial charge on any atom is -0.465 e. The van der Waals surface area contributed by atoms with Crippen molar-refractivity contribution < 1.29 is 27.1 Å². The lowest BCUT2D eigenvalue weighted by molar-refractivity contribution is 0.0600. The Morgan fingerprint density at radius 2 is 1.86 bits per heavy atom. The predicted molar refractivity (Wildman–Crippen MR) is 99.3 cm³/mol. The van der Waals surface area contributed by atoms with E-state index in [1.54, 1.807) is 0 Å². The Hall–Kier alpha value is -2.94. The molecular formula is C19H17FN2O5S. The zero-order chi connectivity index (χ0) is 20.1. The highest BCUT2D eigenvalue weighted by Crippen LogP contribution is 2.40.